The molecular formula is C14H17ClF2O. The summed E-state index contributed by atoms with van der Waals surface area (Å²) >= 11 is 5.95. The lowest BCUT2D eigenvalue weighted by Gasteiger charge is -2.37. The van der Waals surface area contributed by atoms with E-state index in [-0.39, 0.29) is 10.6 Å². The van der Waals surface area contributed by atoms with Crippen LogP contribution < -0.4 is 0 Å². The van der Waals surface area contributed by atoms with E-state index >= 15 is 0 Å². The molecule has 0 heterocycles. The minimum atomic E-state index is -1.33. The van der Waals surface area contributed by atoms with Crippen molar-refractivity contribution in [1.29, 1.82) is 0 Å². The van der Waals surface area contributed by atoms with Gasteiger partial charge in [0, 0.05) is 10.6 Å². The summed E-state index contributed by atoms with van der Waals surface area (Å²) in [5.74, 6) is -1.63. The van der Waals surface area contributed by atoms with Crippen LogP contribution in [0.3, 0.4) is 0 Å². The first kappa shape index (κ1) is 13.8. The van der Waals surface area contributed by atoms with E-state index < -0.39 is 17.2 Å². The summed E-state index contributed by atoms with van der Waals surface area (Å²) < 4.78 is 27.2. The van der Waals surface area contributed by atoms with E-state index in [1.165, 1.54) is 6.07 Å². The van der Waals surface area contributed by atoms with Crippen LogP contribution in [0, 0.1) is 17.6 Å². The molecule has 1 saturated carbocycles. The maximum atomic E-state index is 13.9. The van der Waals surface area contributed by atoms with E-state index in [9.17, 15) is 13.9 Å². The first-order valence-electron chi connectivity index (χ1n) is 6.34. The van der Waals surface area contributed by atoms with Gasteiger partial charge in [0.15, 0.2) is 11.6 Å². The van der Waals surface area contributed by atoms with Gasteiger partial charge in [-0.2, -0.15) is 0 Å². The third kappa shape index (κ3) is 2.39. The molecule has 1 N–H and O–H groups in total. The van der Waals surface area contributed by atoms with Gasteiger partial charge in [0.25, 0.3) is 0 Å². The Bertz CT molecular complexity index is 450. The van der Waals surface area contributed by atoms with Crippen LogP contribution in [-0.2, 0) is 5.60 Å². The molecule has 18 heavy (non-hydrogen) atoms. The topological polar surface area (TPSA) is 20.2 Å². The second-order valence-electron chi connectivity index (χ2n) is 5.12. The predicted molar refractivity (Wildman–Crippen MR) is 67.5 cm³/mol. The van der Waals surface area contributed by atoms with E-state index in [0.717, 1.165) is 25.3 Å². The van der Waals surface area contributed by atoms with Gasteiger partial charge in [0.2, 0.25) is 0 Å². The summed E-state index contributed by atoms with van der Waals surface area (Å²) in [7, 11) is 0. The molecular weight excluding hydrogens is 258 g/mol. The minimum absolute atomic E-state index is 0.0673. The zero-order valence-corrected chi connectivity index (χ0v) is 11.1. The van der Waals surface area contributed by atoms with Crippen LogP contribution in [0.2, 0.25) is 5.02 Å². The van der Waals surface area contributed by atoms with E-state index in [1.54, 1.807) is 0 Å². The highest BCUT2D eigenvalue weighted by Gasteiger charge is 2.39. The van der Waals surface area contributed by atoms with Crippen LogP contribution in [0.4, 0.5) is 8.78 Å². The van der Waals surface area contributed by atoms with Gasteiger partial charge >= 0.3 is 0 Å². The maximum absolute atomic E-state index is 13.9. The lowest BCUT2D eigenvalue weighted by atomic mass is 9.73. The van der Waals surface area contributed by atoms with Crippen molar-refractivity contribution in [3.8, 4) is 0 Å². The largest absolute Gasteiger partial charge is 0.385 e. The molecule has 0 radical (unpaired) electrons. The first-order chi connectivity index (χ1) is 8.48. The van der Waals surface area contributed by atoms with Crippen molar-refractivity contribution in [1.82, 2.24) is 0 Å². The van der Waals surface area contributed by atoms with Crippen LogP contribution in [0.25, 0.3) is 0 Å². The Balaban J connectivity index is 2.43. The van der Waals surface area contributed by atoms with Gasteiger partial charge in [-0.3, -0.25) is 0 Å². The fourth-order valence-corrected chi connectivity index (χ4v) is 3.22. The predicted octanol–water partition coefficient (Wildman–Crippen LogP) is 4.41. The van der Waals surface area contributed by atoms with Gasteiger partial charge in [0.05, 0.1) is 5.60 Å². The Kier molecular flexibility index (Phi) is 3.93. The maximum Gasteiger partial charge on any atom is 0.166 e. The monoisotopic (exact) mass is 274 g/mol. The van der Waals surface area contributed by atoms with Crippen molar-refractivity contribution in [3.05, 3.63) is 34.4 Å². The first-order valence-corrected chi connectivity index (χ1v) is 6.72. The van der Waals surface area contributed by atoms with E-state index in [1.807, 2.05) is 6.92 Å². The number of hydrogen-bond donors (Lipinski definition) is 1. The average Bonchev–Trinajstić information content (AvgIpc) is 2.34. The quantitative estimate of drug-likeness (QED) is 0.792. The molecule has 0 saturated heterocycles. The highest BCUT2D eigenvalue weighted by atomic mass is 35.5. The van der Waals surface area contributed by atoms with Gasteiger partial charge in [0.1, 0.15) is 0 Å². The van der Waals surface area contributed by atoms with Gasteiger partial charge in [-0.1, -0.05) is 31.4 Å². The number of halogens is 3. The fourth-order valence-electron chi connectivity index (χ4n) is 2.89. The Hall–Kier alpha value is -0.670. The molecule has 1 fully saturated rings. The number of rotatable bonds is 2. The zero-order chi connectivity index (χ0) is 13.3. The van der Waals surface area contributed by atoms with Crippen molar-refractivity contribution in [3.63, 3.8) is 0 Å². The molecule has 2 unspecified atom stereocenters. The molecule has 0 amide bonds. The van der Waals surface area contributed by atoms with Crippen molar-refractivity contribution in [2.24, 2.45) is 5.92 Å². The summed E-state index contributed by atoms with van der Waals surface area (Å²) in [4.78, 5) is 0. The molecule has 0 aliphatic heterocycles. The van der Waals surface area contributed by atoms with E-state index in [0.29, 0.717) is 18.8 Å². The van der Waals surface area contributed by atoms with Gasteiger partial charge in [-0.15, -0.1) is 0 Å². The van der Waals surface area contributed by atoms with Crippen LogP contribution in [0.5, 0.6) is 0 Å². The molecule has 0 aromatic heterocycles. The molecule has 2 rings (SSSR count). The molecule has 0 bridgehead atoms. The molecule has 100 valence electrons. The van der Waals surface area contributed by atoms with E-state index in [2.05, 4.69) is 0 Å². The summed E-state index contributed by atoms with van der Waals surface area (Å²) in [6.45, 7) is 2.04. The summed E-state index contributed by atoms with van der Waals surface area (Å²) in [6.07, 6.45) is 3.64. The second kappa shape index (κ2) is 5.14. The third-order valence-corrected chi connectivity index (χ3v) is 4.23. The Morgan fingerprint density at radius 2 is 2.17 bits per heavy atom. The normalized spacial score (nSPS) is 28.4. The summed E-state index contributed by atoms with van der Waals surface area (Å²) in [6, 6.07) is 2.30. The molecule has 1 nitrogen and oxygen atoms in total. The van der Waals surface area contributed by atoms with Crippen molar-refractivity contribution >= 4 is 11.6 Å². The van der Waals surface area contributed by atoms with Crippen LogP contribution in [0.15, 0.2) is 12.1 Å². The number of aliphatic hydroxyl groups is 1. The molecule has 0 spiro atoms. The smallest absolute Gasteiger partial charge is 0.166 e. The van der Waals surface area contributed by atoms with Crippen LogP contribution in [-0.4, -0.2) is 5.11 Å². The average molecular weight is 275 g/mol. The Morgan fingerprint density at radius 3 is 2.83 bits per heavy atom. The number of hydrogen-bond acceptors (Lipinski definition) is 1. The van der Waals surface area contributed by atoms with Gasteiger partial charge in [-0.05, 0) is 37.3 Å². The fraction of sp³-hybridized carbons (Fsp3) is 0.571. The Morgan fingerprint density at radius 1 is 1.44 bits per heavy atom. The zero-order valence-electron chi connectivity index (χ0n) is 10.3. The van der Waals surface area contributed by atoms with Crippen molar-refractivity contribution < 1.29 is 13.9 Å². The minimum Gasteiger partial charge on any atom is -0.385 e. The molecule has 2 atom stereocenters. The standard InChI is InChI=1S/C14H17ClF2O/c1-2-9-4-3-7-14(18,8-9)12-10(15)5-6-11(16)13(12)17/h5-6,9,18H,2-4,7-8H2,1H3. The van der Waals surface area contributed by atoms with Crippen molar-refractivity contribution in [2.45, 2.75) is 44.6 Å². The molecule has 1 aromatic carbocycles. The molecule has 1 aliphatic rings. The summed E-state index contributed by atoms with van der Waals surface area (Å²) in [5.41, 5.74) is -1.40. The van der Waals surface area contributed by atoms with Crippen LogP contribution in [0.1, 0.15) is 44.6 Å². The highest BCUT2D eigenvalue weighted by molar-refractivity contribution is 6.31. The second-order valence-corrected chi connectivity index (χ2v) is 5.53. The molecule has 4 heteroatoms. The highest BCUT2D eigenvalue weighted by Crippen LogP contribution is 2.44. The number of benzene rings is 1. The summed E-state index contributed by atoms with van der Waals surface area (Å²) in [5, 5.41) is 10.7. The molecule has 1 aromatic rings. The Labute approximate surface area is 111 Å². The van der Waals surface area contributed by atoms with E-state index in [4.69, 9.17) is 11.6 Å². The lowest BCUT2D eigenvalue weighted by molar-refractivity contribution is -0.0248. The third-order valence-electron chi connectivity index (χ3n) is 3.92. The lowest BCUT2D eigenvalue weighted by Crippen LogP contribution is -2.34. The van der Waals surface area contributed by atoms with Crippen molar-refractivity contribution in [2.75, 3.05) is 0 Å². The van der Waals surface area contributed by atoms with Gasteiger partial charge in [-0.25, -0.2) is 8.78 Å². The van der Waals surface area contributed by atoms with Crippen LogP contribution >= 0.6 is 11.6 Å². The SMILES string of the molecule is CCC1CCCC(O)(c2c(Cl)ccc(F)c2F)C1. The molecule has 1 aliphatic carbocycles. The van der Waals surface area contributed by atoms with Gasteiger partial charge < -0.3 is 5.11 Å².